The van der Waals surface area contributed by atoms with E-state index in [0.29, 0.717) is 11.3 Å². The monoisotopic (exact) mass is 238 g/mol. The van der Waals surface area contributed by atoms with Crippen LogP contribution in [0.15, 0.2) is 24.4 Å². The molecule has 5 heteroatoms. The lowest BCUT2D eigenvalue weighted by Gasteiger charge is -2.06. The van der Waals surface area contributed by atoms with Gasteiger partial charge in [-0.25, -0.2) is 14.4 Å². The third kappa shape index (κ3) is 1.84. The van der Waals surface area contributed by atoms with Crippen LogP contribution < -0.4 is 0 Å². The molecule has 0 aliphatic carbocycles. The van der Waals surface area contributed by atoms with Crippen LogP contribution in [-0.4, -0.2) is 15.1 Å². The number of benzene rings is 1. The second-order valence-corrected chi connectivity index (χ2v) is 3.65. The van der Waals surface area contributed by atoms with E-state index in [9.17, 15) is 9.50 Å². The van der Waals surface area contributed by atoms with Crippen LogP contribution in [0.4, 0.5) is 4.39 Å². The number of aromatic nitrogens is 2. The highest BCUT2D eigenvalue weighted by Crippen LogP contribution is 2.29. The third-order valence-electron chi connectivity index (χ3n) is 2.18. The van der Waals surface area contributed by atoms with E-state index in [-0.39, 0.29) is 10.8 Å². The number of phenols is 1. The minimum Gasteiger partial charge on any atom is -0.505 e. The summed E-state index contributed by atoms with van der Waals surface area (Å²) < 4.78 is 13.6. The number of rotatable bonds is 1. The molecular weight excluding hydrogens is 231 g/mol. The molecule has 1 heterocycles. The molecule has 1 N–H and O–H groups in total. The summed E-state index contributed by atoms with van der Waals surface area (Å²) in [4.78, 5) is 7.73. The maximum Gasteiger partial charge on any atom is 0.222 e. The summed E-state index contributed by atoms with van der Waals surface area (Å²) >= 11 is 5.65. The molecule has 1 aromatic heterocycles. The zero-order chi connectivity index (χ0) is 11.7. The van der Waals surface area contributed by atoms with Crippen molar-refractivity contribution < 1.29 is 9.50 Å². The van der Waals surface area contributed by atoms with Gasteiger partial charge in [0.25, 0.3) is 0 Å². The topological polar surface area (TPSA) is 46.0 Å². The number of aryl methyl sites for hydroxylation is 1. The Labute approximate surface area is 96.6 Å². The molecule has 0 saturated heterocycles. The van der Waals surface area contributed by atoms with E-state index >= 15 is 0 Å². The number of aromatic hydroxyl groups is 1. The maximum atomic E-state index is 13.6. The highest BCUT2D eigenvalue weighted by molar-refractivity contribution is 6.28. The zero-order valence-corrected chi connectivity index (χ0v) is 9.16. The molecule has 0 radical (unpaired) electrons. The lowest BCUT2D eigenvalue weighted by molar-refractivity contribution is 0.433. The minimum absolute atomic E-state index is 0.0448. The Morgan fingerprint density at radius 3 is 2.88 bits per heavy atom. The molecule has 0 fully saturated rings. The van der Waals surface area contributed by atoms with Crippen LogP contribution in [0.25, 0.3) is 11.3 Å². The molecule has 16 heavy (non-hydrogen) atoms. The first-order chi connectivity index (χ1) is 7.59. The van der Waals surface area contributed by atoms with Crippen LogP contribution in [0.1, 0.15) is 5.56 Å². The first-order valence-electron chi connectivity index (χ1n) is 4.56. The summed E-state index contributed by atoms with van der Waals surface area (Å²) in [7, 11) is 0. The van der Waals surface area contributed by atoms with Crippen molar-refractivity contribution in [2.24, 2.45) is 0 Å². The SMILES string of the molecule is Cc1cnc(Cl)nc1-c1cccc(O)c1F. The highest BCUT2D eigenvalue weighted by Gasteiger charge is 2.13. The van der Waals surface area contributed by atoms with Gasteiger partial charge in [-0.3, -0.25) is 0 Å². The second-order valence-electron chi connectivity index (χ2n) is 3.31. The predicted octanol–water partition coefficient (Wildman–Crippen LogP) is 2.95. The summed E-state index contributed by atoms with van der Waals surface area (Å²) in [6.45, 7) is 1.75. The largest absolute Gasteiger partial charge is 0.505 e. The first-order valence-corrected chi connectivity index (χ1v) is 4.94. The minimum atomic E-state index is -0.708. The molecule has 0 aliphatic rings. The molecule has 0 atom stereocenters. The molecule has 0 unspecified atom stereocenters. The van der Waals surface area contributed by atoms with E-state index in [0.717, 1.165) is 0 Å². The molecule has 0 spiro atoms. The summed E-state index contributed by atoms with van der Waals surface area (Å²) in [6.07, 6.45) is 1.51. The van der Waals surface area contributed by atoms with Crippen LogP contribution in [0.3, 0.4) is 0 Å². The average Bonchev–Trinajstić information content (AvgIpc) is 2.26. The van der Waals surface area contributed by atoms with E-state index in [2.05, 4.69) is 9.97 Å². The van der Waals surface area contributed by atoms with Gasteiger partial charge in [-0.2, -0.15) is 0 Å². The number of hydrogen-bond acceptors (Lipinski definition) is 3. The van der Waals surface area contributed by atoms with Crippen LogP contribution in [0.5, 0.6) is 5.75 Å². The van der Waals surface area contributed by atoms with E-state index in [1.165, 1.54) is 18.3 Å². The van der Waals surface area contributed by atoms with E-state index in [1.807, 2.05) is 0 Å². The number of nitrogens with zero attached hydrogens (tertiary/aromatic N) is 2. The molecule has 0 bridgehead atoms. The smallest absolute Gasteiger partial charge is 0.222 e. The van der Waals surface area contributed by atoms with Gasteiger partial charge in [0.05, 0.1) is 5.69 Å². The molecule has 2 rings (SSSR count). The van der Waals surface area contributed by atoms with E-state index in [1.54, 1.807) is 13.0 Å². The second kappa shape index (κ2) is 4.06. The Balaban J connectivity index is 2.67. The number of halogens is 2. The maximum absolute atomic E-state index is 13.6. The van der Waals surface area contributed by atoms with E-state index in [4.69, 9.17) is 11.6 Å². The van der Waals surface area contributed by atoms with Crippen molar-refractivity contribution in [2.75, 3.05) is 0 Å². The lowest BCUT2D eigenvalue weighted by Crippen LogP contribution is -1.94. The third-order valence-corrected chi connectivity index (χ3v) is 2.36. The van der Waals surface area contributed by atoms with Gasteiger partial charge < -0.3 is 5.11 Å². The lowest BCUT2D eigenvalue weighted by atomic mass is 10.1. The Bertz CT molecular complexity index is 546. The highest BCUT2D eigenvalue weighted by atomic mass is 35.5. The average molecular weight is 239 g/mol. The quantitative estimate of drug-likeness (QED) is 0.777. The molecule has 3 nitrogen and oxygen atoms in total. The van der Waals surface area contributed by atoms with E-state index < -0.39 is 11.6 Å². The summed E-state index contributed by atoms with van der Waals surface area (Å²) in [5.74, 6) is -1.12. The Kier molecular flexibility index (Phi) is 2.75. The fraction of sp³-hybridized carbons (Fsp3) is 0.0909. The van der Waals surface area contributed by atoms with Crippen LogP contribution in [0, 0.1) is 12.7 Å². The summed E-state index contributed by atoms with van der Waals surface area (Å²) in [5, 5.41) is 9.31. The van der Waals surface area contributed by atoms with Crippen molar-refractivity contribution in [1.29, 1.82) is 0 Å². The standard InChI is InChI=1S/C11H8ClFN2O/c1-6-5-14-11(12)15-10(6)7-3-2-4-8(16)9(7)13/h2-5,16H,1H3. The fourth-order valence-corrected chi connectivity index (χ4v) is 1.53. The van der Waals surface area contributed by atoms with Gasteiger partial charge in [-0.15, -0.1) is 0 Å². The van der Waals surface area contributed by atoms with Gasteiger partial charge >= 0.3 is 0 Å². The Morgan fingerprint density at radius 1 is 1.38 bits per heavy atom. The van der Waals surface area contributed by atoms with Crippen molar-refractivity contribution in [3.63, 3.8) is 0 Å². The summed E-state index contributed by atoms with van der Waals surface area (Å²) in [5.41, 5.74) is 1.28. The fourth-order valence-electron chi connectivity index (χ4n) is 1.40. The molecule has 0 aliphatic heterocycles. The molecule has 1 aromatic carbocycles. The Hall–Kier alpha value is -1.68. The van der Waals surface area contributed by atoms with Gasteiger partial charge in [0, 0.05) is 11.8 Å². The summed E-state index contributed by atoms with van der Waals surface area (Å²) in [6, 6.07) is 4.35. The number of phenolic OH excluding ortho intramolecular Hbond substituents is 1. The van der Waals surface area contributed by atoms with Crippen molar-refractivity contribution in [3.05, 3.63) is 41.1 Å². The molecule has 0 saturated carbocycles. The normalized spacial score (nSPS) is 10.4. The molecular formula is C11H8ClFN2O. The Morgan fingerprint density at radius 2 is 2.12 bits per heavy atom. The van der Waals surface area contributed by atoms with Crippen LogP contribution in [-0.2, 0) is 0 Å². The van der Waals surface area contributed by atoms with Crippen molar-refractivity contribution >= 4 is 11.6 Å². The van der Waals surface area contributed by atoms with Crippen molar-refractivity contribution in [3.8, 4) is 17.0 Å². The van der Waals surface area contributed by atoms with Crippen LogP contribution >= 0.6 is 11.6 Å². The van der Waals surface area contributed by atoms with Crippen molar-refractivity contribution in [2.45, 2.75) is 6.92 Å². The molecule has 0 amide bonds. The zero-order valence-electron chi connectivity index (χ0n) is 8.41. The van der Waals surface area contributed by atoms with Gasteiger partial charge in [-0.1, -0.05) is 6.07 Å². The van der Waals surface area contributed by atoms with Gasteiger partial charge in [0.2, 0.25) is 5.28 Å². The van der Waals surface area contributed by atoms with Crippen molar-refractivity contribution in [1.82, 2.24) is 9.97 Å². The molecule has 82 valence electrons. The van der Waals surface area contributed by atoms with Gasteiger partial charge in [0.15, 0.2) is 11.6 Å². The molecule has 2 aromatic rings. The van der Waals surface area contributed by atoms with Gasteiger partial charge in [-0.05, 0) is 36.2 Å². The van der Waals surface area contributed by atoms with Gasteiger partial charge in [0.1, 0.15) is 0 Å². The predicted molar refractivity (Wildman–Crippen MR) is 58.8 cm³/mol. The van der Waals surface area contributed by atoms with Crippen LogP contribution in [0.2, 0.25) is 5.28 Å². The first kappa shape index (κ1) is 10.8. The number of hydrogen-bond donors (Lipinski definition) is 1.